The van der Waals surface area contributed by atoms with E-state index in [2.05, 4.69) is 4.65 Å². The van der Waals surface area contributed by atoms with Crippen LogP contribution in [0, 0.1) is 87.3 Å². The molecule has 4 aromatic carbocycles. The van der Waals surface area contributed by atoms with Crippen molar-refractivity contribution in [3.05, 3.63) is 99.4 Å². The van der Waals surface area contributed by atoms with E-state index in [0.717, 1.165) is 0 Å². The summed E-state index contributed by atoms with van der Waals surface area (Å²) in [4.78, 5) is 0. The molecule has 0 aliphatic rings. The molecule has 42 heavy (non-hydrogen) atoms. The maximum absolute atomic E-state index is 15.0. The monoisotopic (exact) mass is 619 g/mol. The van der Waals surface area contributed by atoms with Crippen molar-refractivity contribution >= 4 is 7.69 Å². The van der Waals surface area contributed by atoms with Gasteiger partial charge in [-0.1, -0.05) is 0 Å². The maximum Gasteiger partial charge on any atom is 0.569 e. The predicted molar refractivity (Wildman–Crippen MR) is 111 cm³/mol. The third-order valence-electron chi connectivity index (χ3n) is 5.75. The van der Waals surface area contributed by atoms with Gasteiger partial charge in [0.15, 0.2) is 69.8 Å². The van der Waals surface area contributed by atoms with Crippen LogP contribution in [0.3, 0.4) is 0 Å². The molecule has 0 unspecified atom stereocenters. The van der Waals surface area contributed by atoms with Gasteiger partial charge in [0, 0.05) is 11.1 Å². The third kappa shape index (κ3) is 4.31. The smallest absolute Gasteiger partial charge is 0.537 e. The van der Waals surface area contributed by atoms with E-state index in [9.17, 15) is 57.1 Å². The van der Waals surface area contributed by atoms with Gasteiger partial charge in [0.25, 0.3) is 0 Å². The molecule has 0 aromatic heterocycles. The van der Waals surface area contributed by atoms with Crippen LogP contribution in [0.5, 0.6) is 5.75 Å². The third-order valence-corrected chi connectivity index (χ3v) is 5.75. The highest BCUT2D eigenvalue weighted by Gasteiger charge is 2.37. The van der Waals surface area contributed by atoms with Gasteiger partial charge >= 0.3 is 7.69 Å². The van der Waals surface area contributed by atoms with Gasteiger partial charge in [-0.3, -0.25) is 0 Å². The molecular formula is C24H3BF15O2. The van der Waals surface area contributed by atoms with E-state index in [-0.39, 0.29) is 12.1 Å². The van der Waals surface area contributed by atoms with E-state index >= 15 is 8.78 Å². The first-order valence-electron chi connectivity index (χ1n) is 10.4. The number of halogens is 15. The van der Waals surface area contributed by atoms with Crippen LogP contribution < -0.4 is 4.65 Å². The molecule has 0 spiro atoms. The van der Waals surface area contributed by atoms with Gasteiger partial charge in [0.05, 0.1) is 16.7 Å². The minimum atomic E-state index is -2.92. The van der Waals surface area contributed by atoms with Gasteiger partial charge < -0.3 is 9.68 Å². The van der Waals surface area contributed by atoms with Crippen LogP contribution in [-0.4, -0.2) is 12.7 Å². The van der Waals surface area contributed by atoms with Crippen LogP contribution >= 0.6 is 0 Å². The minimum absolute atomic E-state index is 0.0973. The van der Waals surface area contributed by atoms with Gasteiger partial charge in [0.1, 0.15) is 5.75 Å². The maximum atomic E-state index is 15.0. The Kier molecular flexibility index (Phi) is 7.88. The van der Waals surface area contributed by atoms with E-state index in [1.165, 1.54) is 0 Å². The zero-order chi connectivity index (χ0) is 31.5. The van der Waals surface area contributed by atoms with Crippen molar-refractivity contribution in [3.8, 4) is 39.1 Å². The van der Waals surface area contributed by atoms with Gasteiger partial charge in [-0.2, -0.15) is 0 Å². The molecule has 0 amide bonds. The molecule has 2 nitrogen and oxygen atoms in total. The molecule has 1 radical (unpaired) electrons. The second-order valence-corrected chi connectivity index (χ2v) is 7.92. The molecule has 219 valence electrons. The van der Waals surface area contributed by atoms with Crippen molar-refractivity contribution < 1.29 is 75.5 Å². The van der Waals surface area contributed by atoms with Crippen molar-refractivity contribution in [2.24, 2.45) is 0 Å². The van der Waals surface area contributed by atoms with Crippen LogP contribution in [0.2, 0.25) is 0 Å². The van der Waals surface area contributed by atoms with Crippen molar-refractivity contribution in [2.75, 3.05) is 0 Å². The molecular weight excluding hydrogens is 616 g/mol. The fourth-order valence-electron chi connectivity index (χ4n) is 3.94. The SMILES string of the molecule is O[B]Oc1ccc(-c2c(F)c(F)c(F)c(F)c2F)c(-c2c(F)c(F)c(F)c(F)c2F)c1-c1c(F)c(F)c(F)c(F)c1F. The van der Waals surface area contributed by atoms with Crippen LogP contribution in [0.15, 0.2) is 12.1 Å². The molecule has 0 saturated carbocycles. The summed E-state index contributed by atoms with van der Waals surface area (Å²) in [7, 11) is -0.398. The molecule has 4 aromatic rings. The molecule has 0 heterocycles. The summed E-state index contributed by atoms with van der Waals surface area (Å²) in [6.45, 7) is 0. The highest BCUT2D eigenvalue weighted by molar-refractivity contribution is 6.18. The lowest BCUT2D eigenvalue weighted by Crippen LogP contribution is -2.12. The number of benzene rings is 4. The van der Waals surface area contributed by atoms with E-state index in [4.69, 9.17) is 5.02 Å². The second-order valence-electron chi connectivity index (χ2n) is 7.92. The highest BCUT2D eigenvalue weighted by atomic mass is 19.2. The van der Waals surface area contributed by atoms with E-state index < -0.39 is 134 Å². The van der Waals surface area contributed by atoms with Gasteiger partial charge in [-0.25, -0.2) is 65.9 Å². The molecule has 0 fully saturated rings. The number of hydrogen-bond acceptors (Lipinski definition) is 2. The molecule has 1 N–H and O–H groups in total. The summed E-state index contributed by atoms with van der Waals surface area (Å²) >= 11 is 0. The Balaban J connectivity index is 2.43. The van der Waals surface area contributed by atoms with Crippen molar-refractivity contribution in [3.63, 3.8) is 0 Å². The van der Waals surface area contributed by atoms with E-state index in [1.807, 2.05) is 0 Å². The van der Waals surface area contributed by atoms with Crippen LogP contribution in [-0.2, 0) is 0 Å². The Morgan fingerprint density at radius 1 is 0.357 bits per heavy atom. The highest BCUT2D eigenvalue weighted by Crippen LogP contribution is 2.50. The Bertz CT molecular complexity index is 1720. The minimum Gasteiger partial charge on any atom is -0.537 e. The first kappa shape index (κ1) is 30.6. The molecule has 0 saturated heterocycles. The summed E-state index contributed by atoms with van der Waals surface area (Å²) in [5.74, 6) is -44.1. The standard InChI is InChI=1S/C24H3BF15O2/c26-10-6(11(27)17(33)22(38)16(10)32)3-1-2-4(42-25-41)7(9-14(30)20(36)24(40)21(37)15(9)31)5(3)8-12(28)18(34)23(39)19(35)13(8)29/h1-2,41H. The summed E-state index contributed by atoms with van der Waals surface area (Å²) < 4.78 is 220. The molecule has 0 atom stereocenters. The number of rotatable bonds is 5. The molecule has 0 aliphatic heterocycles. The lowest BCUT2D eigenvalue weighted by atomic mass is 9.85. The lowest BCUT2D eigenvalue weighted by molar-refractivity contribution is 0.379. The normalized spacial score (nSPS) is 11.3. The second kappa shape index (κ2) is 10.8. The summed E-state index contributed by atoms with van der Waals surface area (Å²) in [5, 5.41) is 9.03. The lowest BCUT2D eigenvalue weighted by Gasteiger charge is -2.22. The molecule has 18 heteroatoms. The summed E-state index contributed by atoms with van der Waals surface area (Å²) in [6, 6.07) is 0.295. The Morgan fingerprint density at radius 3 is 0.976 bits per heavy atom. The molecule has 4 rings (SSSR count). The predicted octanol–water partition coefficient (Wildman–Crippen LogP) is 7.68. The fraction of sp³-hybridized carbons (Fsp3) is 0. The zero-order valence-corrected chi connectivity index (χ0v) is 19.3. The van der Waals surface area contributed by atoms with Gasteiger partial charge in [-0.05, 0) is 17.7 Å². The Morgan fingerprint density at radius 2 is 0.643 bits per heavy atom. The van der Waals surface area contributed by atoms with E-state index in [1.54, 1.807) is 0 Å². The first-order valence-corrected chi connectivity index (χ1v) is 10.4. The zero-order valence-electron chi connectivity index (χ0n) is 19.3. The quantitative estimate of drug-likeness (QED) is 0.108. The molecule has 0 aliphatic carbocycles. The first-order chi connectivity index (χ1) is 19.6. The van der Waals surface area contributed by atoms with Crippen LogP contribution in [0.1, 0.15) is 0 Å². The van der Waals surface area contributed by atoms with Crippen LogP contribution in [0.4, 0.5) is 65.9 Å². The average Bonchev–Trinajstić information content (AvgIpc) is 2.97. The summed E-state index contributed by atoms with van der Waals surface area (Å²) in [6.07, 6.45) is 0. The average molecular weight is 619 g/mol. The fourth-order valence-corrected chi connectivity index (χ4v) is 3.94. The van der Waals surface area contributed by atoms with Gasteiger partial charge in [-0.15, -0.1) is 0 Å². The van der Waals surface area contributed by atoms with Crippen molar-refractivity contribution in [1.82, 2.24) is 0 Å². The Hall–Kier alpha value is -4.35. The largest absolute Gasteiger partial charge is 0.569 e. The van der Waals surface area contributed by atoms with Crippen molar-refractivity contribution in [1.29, 1.82) is 0 Å². The van der Waals surface area contributed by atoms with Gasteiger partial charge in [0.2, 0.25) is 17.5 Å². The van der Waals surface area contributed by atoms with Crippen LogP contribution in [0.25, 0.3) is 33.4 Å². The summed E-state index contributed by atoms with van der Waals surface area (Å²) in [5.41, 5.74) is -12.8. The molecule has 0 bridgehead atoms. The number of hydrogen-bond donors (Lipinski definition) is 1. The van der Waals surface area contributed by atoms with Crippen molar-refractivity contribution in [2.45, 2.75) is 0 Å². The topological polar surface area (TPSA) is 29.5 Å². The Labute approximate surface area is 222 Å². The van der Waals surface area contributed by atoms with E-state index in [0.29, 0.717) is 0 Å².